The molecule has 1 aliphatic carbocycles. The highest BCUT2D eigenvalue weighted by molar-refractivity contribution is 5.99. The van der Waals surface area contributed by atoms with Crippen LogP contribution in [0.3, 0.4) is 0 Å². The first-order valence-electron chi connectivity index (χ1n) is 8.91. The molecule has 8 heteroatoms. The van der Waals surface area contributed by atoms with Crippen molar-refractivity contribution in [3.8, 4) is 0 Å². The van der Waals surface area contributed by atoms with Gasteiger partial charge in [-0.3, -0.25) is 14.9 Å². The lowest BCUT2D eigenvalue weighted by atomic mass is 10.1. The third kappa shape index (κ3) is 4.51. The van der Waals surface area contributed by atoms with Gasteiger partial charge in [0.1, 0.15) is 5.82 Å². The molecule has 0 saturated heterocycles. The van der Waals surface area contributed by atoms with E-state index in [1.807, 2.05) is 0 Å². The summed E-state index contributed by atoms with van der Waals surface area (Å²) in [6, 6.07) is 9.46. The Morgan fingerprint density at radius 1 is 1.21 bits per heavy atom. The maximum absolute atomic E-state index is 13.5. The lowest BCUT2D eigenvalue weighted by Crippen LogP contribution is -2.32. The Morgan fingerprint density at radius 3 is 2.54 bits per heavy atom. The van der Waals surface area contributed by atoms with E-state index in [0.29, 0.717) is 5.56 Å². The average Bonchev–Trinajstić information content (AvgIpc) is 3.50. The molecule has 28 heavy (non-hydrogen) atoms. The van der Waals surface area contributed by atoms with Gasteiger partial charge >= 0.3 is 5.97 Å². The van der Waals surface area contributed by atoms with Gasteiger partial charge in [0, 0.05) is 30.3 Å². The number of non-ortho nitro benzene ring substituents is 1. The summed E-state index contributed by atoms with van der Waals surface area (Å²) in [4.78, 5) is 37.2. The van der Waals surface area contributed by atoms with Crippen LogP contribution in [0.2, 0.25) is 0 Å². The van der Waals surface area contributed by atoms with Crippen LogP contribution in [0, 0.1) is 15.9 Å². The monoisotopic (exact) mass is 386 g/mol. The summed E-state index contributed by atoms with van der Waals surface area (Å²) < 4.78 is 18.4. The molecule has 0 heterocycles. The van der Waals surface area contributed by atoms with Gasteiger partial charge < -0.3 is 9.64 Å². The molecular weight excluding hydrogens is 367 g/mol. The largest absolute Gasteiger partial charge is 0.462 e. The number of rotatable bonds is 7. The van der Waals surface area contributed by atoms with Gasteiger partial charge in [-0.05, 0) is 43.5 Å². The van der Waals surface area contributed by atoms with Gasteiger partial charge in [-0.2, -0.15) is 0 Å². The molecule has 146 valence electrons. The Hall–Kier alpha value is -3.29. The smallest absolute Gasteiger partial charge is 0.338 e. The van der Waals surface area contributed by atoms with Crippen LogP contribution in [0.1, 0.15) is 46.0 Å². The van der Waals surface area contributed by atoms with Crippen LogP contribution in [0.15, 0.2) is 42.5 Å². The molecule has 0 N–H and O–H groups in total. The number of amides is 1. The van der Waals surface area contributed by atoms with Crippen LogP contribution in [-0.2, 0) is 11.3 Å². The van der Waals surface area contributed by atoms with E-state index < -0.39 is 22.6 Å². The molecule has 0 bridgehead atoms. The lowest BCUT2D eigenvalue weighted by Gasteiger charge is -2.23. The second kappa shape index (κ2) is 8.16. The third-order valence-electron chi connectivity index (χ3n) is 4.38. The number of esters is 1. The van der Waals surface area contributed by atoms with E-state index in [0.717, 1.165) is 25.0 Å². The number of nitro groups is 1. The minimum absolute atomic E-state index is 0.0129. The zero-order valence-corrected chi connectivity index (χ0v) is 15.3. The summed E-state index contributed by atoms with van der Waals surface area (Å²) in [5, 5.41) is 11.2. The number of hydrogen-bond acceptors (Lipinski definition) is 5. The van der Waals surface area contributed by atoms with Gasteiger partial charge in [0.15, 0.2) is 0 Å². The standard InChI is InChI=1S/C20H19FN2O5/c1-2-28-20(25)15-9-14(10-18(11-15)23(26)27)19(24)22(17-6-7-17)12-13-4-3-5-16(21)8-13/h3-5,8-11,17H,2,6-7,12H2,1H3. The van der Waals surface area contributed by atoms with Crippen LogP contribution in [0.5, 0.6) is 0 Å². The van der Waals surface area contributed by atoms with Crippen LogP contribution in [0.25, 0.3) is 0 Å². The fraction of sp³-hybridized carbons (Fsp3) is 0.300. The quantitative estimate of drug-likeness (QED) is 0.411. The highest BCUT2D eigenvalue weighted by atomic mass is 19.1. The number of halogens is 1. The van der Waals surface area contributed by atoms with Gasteiger partial charge in [0.2, 0.25) is 0 Å². The SMILES string of the molecule is CCOC(=O)c1cc(C(=O)N(Cc2cccc(F)c2)C2CC2)cc([N+](=O)[O-])c1. The Kier molecular flexibility index (Phi) is 5.67. The molecule has 1 aliphatic rings. The number of ether oxygens (including phenoxy) is 1. The van der Waals surface area contributed by atoms with Crippen LogP contribution < -0.4 is 0 Å². The molecule has 1 saturated carbocycles. The van der Waals surface area contributed by atoms with E-state index in [2.05, 4.69) is 0 Å². The maximum Gasteiger partial charge on any atom is 0.338 e. The Bertz CT molecular complexity index is 927. The van der Waals surface area contributed by atoms with E-state index in [1.54, 1.807) is 24.0 Å². The molecule has 0 spiro atoms. The maximum atomic E-state index is 13.5. The number of carbonyl (C=O) groups is 2. The molecule has 2 aromatic carbocycles. The molecule has 0 aliphatic heterocycles. The molecule has 1 amide bonds. The van der Waals surface area contributed by atoms with E-state index in [4.69, 9.17) is 4.74 Å². The third-order valence-corrected chi connectivity index (χ3v) is 4.38. The molecule has 0 atom stereocenters. The zero-order chi connectivity index (χ0) is 20.3. The van der Waals surface area contributed by atoms with Crippen molar-refractivity contribution in [1.29, 1.82) is 0 Å². The predicted octanol–water partition coefficient (Wildman–Crippen LogP) is 3.72. The molecule has 3 rings (SSSR count). The Labute approximate surface area is 160 Å². The van der Waals surface area contributed by atoms with Crippen molar-refractivity contribution in [1.82, 2.24) is 4.90 Å². The second-order valence-corrected chi connectivity index (χ2v) is 6.54. The van der Waals surface area contributed by atoms with Gasteiger partial charge in [0.25, 0.3) is 11.6 Å². The van der Waals surface area contributed by atoms with E-state index in [9.17, 15) is 24.1 Å². The Balaban J connectivity index is 1.94. The van der Waals surface area contributed by atoms with Crippen molar-refractivity contribution in [2.45, 2.75) is 32.4 Å². The number of carbonyl (C=O) groups excluding carboxylic acids is 2. The average molecular weight is 386 g/mol. The van der Waals surface area contributed by atoms with Gasteiger partial charge in [-0.1, -0.05) is 12.1 Å². The van der Waals surface area contributed by atoms with Crippen molar-refractivity contribution >= 4 is 17.6 Å². The second-order valence-electron chi connectivity index (χ2n) is 6.54. The van der Waals surface area contributed by atoms with E-state index in [-0.39, 0.29) is 36.0 Å². The van der Waals surface area contributed by atoms with Crippen molar-refractivity contribution in [3.05, 3.63) is 75.1 Å². The molecule has 0 unspecified atom stereocenters. The van der Waals surface area contributed by atoms with Gasteiger partial charge in [-0.25, -0.2) is 9.18 Å². The van der Waals surface area contributed by atoms with Gasteiger partial charge in [0.05, 0.1) is 17.1 Å². The summed E-state index contributed by atoms with van der Waals surface area (Å²) >= 11 is 0. The Morgan fingerprint density at radius 2 is 1.93 bits per heavy atom. The van der Waals surface area contributed by atoms with Crippen molar-refractivity contribution in [3.63, 3.8) is 0 Å². The first-order valence-corrected chi connectivity index (χ1v) is 8.91. The summed E-state index contributed by atoms with van der Waals surface area (Å²) in [6.45, 7) is 1.91. The molecule has 2 aromatic rings. The van der Waals surface area contributed by atoms with Crippen molar-refractivity contribution < 1.29 is 23.6 Å². The minimum atomic E-state index is -0.733. The summed E-state index contributed by atoms with van der Waals surface area (Å²) in [5.41, 5.74) is 0.230. The van der Waals surface area contributed by atoms with Crippen LogP contribution in [-0.4, -0.2) is 34.3 Å². The van der Waals surface area contributed by atoms with Crippen LogP contribution in [0.4, 0.5) is 10.1 Å². The summed E-state index contributed by atoms with van der Waals surface area (Å²) in [6.07, 6.45) is 1.61. The fourth-order valence-corrected chi connectivity index (χ4v) is 2.92. The van der Waals surface area contributed by atoms with Crippen molar-refractivity contribution in [2.24, 2.45) is 0 Å². The highest BCUT2D eigenvalue weighted by Gasteiger charge is 2.34. The number of nitrogens with zero attached hydrogens (tertiary/aromatic N) is 2. The number of benzene rings is 2. The lowest BCUT2D eigenvalue weighted by molar-refractivity contribution is -0.384. The topological polar surface area (TPSA) is 89.8 Å². The minimum Gasteiger partial charge on any atom is -0.462 e. The fourth-order valence-electron chi connectivity index (χ4n) is 2.92. The van der Waals surface area contributed by atoms with E-state index >= 15 is 0 Å². The molecule has 0 radical (unpaired) electrons. The first-order chi connectivity index (χ1) is 13.4. The van der Waals surface area contributed by atoms with Gasteiger partial charge in [-0.15, -0.1) is 0 Å². The summed E-state index contributed by atoms with van der Waals surface area (Å²) in [5.74, 6) is -1.58. The molecular formula is C20H19FN2O5. The first kappa shape index (κ1) is 19.5. The molecule has 7 nitrogen and oxygen atoms in total. The normalized spacial score (nSPS) is 13.1. The predicted molar refractivity (Wildman–Crippen MR) is 98.3 cm³/mol. The molecule has 0 aromatic heterocycles. The summed E-state index contributed by atoms with van der Waals surface area (Å²) in [7, 11) is 0. The number of nitro benzene ring substituents is 1. The van der Waals surface area contributed by atoms with E-state index in [1.165, 1.54) is 18.2 Å². The molecule has 1 fully saturated rings. The van der Waals surface area contributed by atoms with Crippen LogP contribution >= 0.6 is 0 Å². The number of hydrogen-bond donors (Lipinski definition) is 0. The zero-order valence-electron chi connectivity index (χ0n) is 15.3. The highest BCUT2D eigenvalue weighted by Crippen LogP contribution is 2.31. The van der Waals surface area contributed by atoms with Crippen molar-refractivity contribution in [2.75, 3.05) is 6.61 Å².